The highest BCUT2D eigenvalue weighted by Crippen LogP contribution is 2.18. The Labute approximate surface area is 169 Å². The van der Waals surface area contributed by atoms with Gasteiger partial charge < -0.3 is 5.11 Å². The van der Waals surface area contributed by atoms with Gasteiger partial charge in [-0.1, -0.05) is 104 Å². The molecule has 0 heterocycles. The van der Waals surface area contributed by atoms with Crippen LogP contribution < -0.4 is 0 Å². The average molecular weight is 407 g/mol. The van der Waals surface area contributed by atoms with E-state index in [-0.39, 0.29) is 6.10 Å². The van der Waals surface area contributed by atoms with E-state index in [0.717, 1.165) is 64.2 Å². The maximum Gasteiger partial charge on any atom is 0.267 e. The Kier molecular flexibility index (Phi) is 17.8. The molecule has 0 saturated carbocycles. The summed E-state index contributed by atoms with van der Waals surface area (Å²) in [6, 6.07) is 0. The van der Waals surface area contributed by atoms with Crippen molar-refractivity contribution in [3.05, 3.63) is 0 Å². The minimum absolute atomic E-state index is 0.134. The maximum absolute atomic E-state index is 11.3. The average Bonchev–Trinajstić information content (AvgIpc) is 2.61. The first-order chi connectivity index (χ1) is 12.9. The van der Waals surface area contributed by atoms with Crippen molar-refractivity contribution in [2.24, 2.45) is 0 Å². The molecule has 2 unspecified atom stereocenters. The monoisotopic (exact) mass is 406 g/mol. The number of unbranched alkanes of at least 4 members (excludes halogenated alkanes) is 11. The number of hydrogen-bond donors (Lipinski definition) is 2. The van der Waals surface area contributed by atoms with Crippen LogP contribution in [0.1, 0.15) is 129 Å². The van der Waals surface area contributed by atoms with Gasteiger partial charge in [0.05, 0.1) is 11.4 Å². The third-order valence-corrected chi connectivity index (χ3v) is 6.80. The third kappa shape index (κ3) is 17.7. The molecule has 0 aliphatic carbocycles. The van der Waals surface area contributed by atoms with Crippen molar-refractivity contribution >= 4 is 10.1 Å². The molecule has 0 aromatic rings. The number of rotatable bonds is 20. The zero-order chi connectivity index (χ0) is 20.4. The molecule has 0 aliphatic heterocycles. The first kappa shape index (κ1) is 26.9. The second kappa shape index (κ2) is 17.9. The van der Waals surface area contributed by atoms with E-state index in [4.69, 9.17) is 0 Å². The highest BCUT2D eigenvalue weighted by molar-refractivity contribution is 7.86. The summed E-state index contributed by atoms with van der Waals surface area (Å²) in [5.41, 5.74) is 0. The Morgan fingerprint density at radius 1 is 0.593 bits per heavy atom. The van der Waals surface area contributed by atoms with Crippen molar-refractivity contribution in [1.82, 2.24) is 0 Å². The van der Waals surface area contributed by atoms with Gasteiger partial charge >= 0.3 is 0 Å². The van der Waals surface area contributed by atoms with Crippen molar-refractivity contribution in [3.63, 3.8) is 0 Å². The minimum atomic E-state index is -3.88. The summed E-state index contributed by atoms with van der Waals surface area (Å²) in [5, 5.41) is 9.46. The molecule has 0 spiro atoms. The predicted octanol–water partition coefficient (Wildman–Crippen LogP) is 6.67. The van der Waals surface area contributed by atoms with E-state index >= 15 is 0 Å². The molecule has 0 radical (unpaired) electrons. The van der Waals surface area contributed by atoms with E-state index < -0.39 is 15.4 Å². The summed E-state index contributed by atoms with van der Waals surface area (Å²) in [4.78, 5) is 0. The van der Waals surface area contributed by atoms with Crippen molar-refractivity contribution < 1.29 is 18.1 Å². The van der Waals surface area contributed by atoms with E-state index in [1.165, 1.54) is 38.5 Å². The van der Waals surface area contributed by atoms with E-state index in [1.807, 2.05) is 6.92 Å². The normalized spacial score (nSPS) is 14.4. The molecule has 0 saturated heterocycles. The van der Waals surface area contributed by atoms with Crippen LogP contribution in [0.15, 0.2) is 0 Å². The lowest BCUT2D eigenvalue weighted by Crippen LogP contribution is -2.20. The van der Waals surface area contributed by atoms with Crippen LogP contribution in [-0.2, 0) is 10.1 Å². The highest BCUT2D eigenvalue weighted by atomic mass is 32.2. The summed E-state index contributed by atoms with van der Waals surface area (Å²) >= 11 is 0. The summed E-state index contributed by atoms with van der Waals surface area (Å²) in [6.45, 7) is 4.18. The van der Waals surface area contributed by atoms with Crippen LogP contribution in [0, 0.1) is 0 Å². The smallest absolute Gasteiger partial charge is 0.267 e. The van der Waals surface area contributed by atoms with Crippen LogP contribution in [0.25, 0.3) is 0 Å². The molecule has 27 heavy (non-hydrogen) atoms. The Hall–Kier alpha value is -0.130. The molecule has 2 atom stereocenters. The van der Waals surface area contributed by atoms with E-state index in [1.54, 1.807) is 0 Å². The first-order valence-corrected chi connectivity index (χ1v) is 13.1. The second-order valence-corrected chi connectivity index (χ2v) is 9.88. The molecular weight excluding hydrogens is 360 g/mol. The largest absolute Gasteiger partial charge is 0.393 e. The number of hydrogen-bond acceptors (Lipinski definition) is 3. The maximum atomic E-state index is 11.3. The summed E-state index contributed by atoms with van der Waals surface area (Å²) in [5.74, 6) is 0. The molecule has 0 amide bonds. The second-order valence-electron chi connectivity index (χ2n) is 8.19. The standard InChI is InChI=1S/C22H46O4S/c1-3-5-6-7-8-11-14-18-21(23)19-15-12-9-10-13-16-20-22(17-4-2)27(24,25)26/h21-23H,3-20H2,1-2H3,(H,24,25,26). The molecule has 0 aromatic heterocycles. The predicted molar refractivity (Wildman–Crippen MR) is 116 cm³/mol. The zero-order valence-corrected chi connectivity index (χ0v) is 18.8. The lowest BCUT2D eigenvalue weighted by molar-refractivity contribution is 0.147. The van der Waals surface area contributed by atoms with Gasteiger partial charge in [-0.15, -0.1) is 0 Å². The van der Waals surface area contributed by atoms with Gasteiger partial charge in [0.2, 0.25) is 0 Å². The quantitative estimate of drug-likeness (QED) is 0.175. The lowest BCUT2D eigenvalue weighted by atomic mass is 10.0. The van der Waals surface area contributed by atoms with Gasteiger partial charge in [0.1, 0.15) is 0 Å². The fourth-order valence-corrected chi connectivity index (χ4v) is 4.70. The van der Waals surface area contributed by atoms with Crippen LogP contribution in [-0.4, -0.2) is 29.4 Å². The molecule has 0 aromatic carbocycles. The fraction of sp³-hybridized carbons (Fsp3) is 1.00. The van der Waals surface area contributed by atoms with Crippen molar-refractivity contribution in [2.45, 2.75) is 141 Å². The Balaban J connectivity index is 3.45. The van der Waals surface area contributed by atoms with Crippen LogP contribution >= 0.6 is 0 Å². The molecule has 0 rings (SSSR count). The van der Waals surface area contributed by atoms with Crippen molar-refractivity contribution in [2.75, 3.05) is 0 Å². The van der Waals surface area contributed by atoms with E-state index in [2.05, 4.69) is 6.92 Å². The van der Waals surface area contributed by atoms with Crippen molar-refractivity contribution in [1.29, 1.82) is 0 Å². The van der Waals surface area contributed by atoms with Crippen LogP contribution in [0.4, 0.5) is 0 Å². The molecule has 164 valence electrons. The Morgan fingerprint density at radius 3 is 1.41 bits per heavy atom. The SMILES string of the molecule is CCCCCCCCCC(O)CCCCCCCCC(CCC)S(=O)(=O)O. The van der Waals surface area contributed by atoms with Gasteiger partial charge in [-0.25, -0.2) is 0 Å². The lowest BCUT2D eigenvalue weighted by Gasteiger charge is -2.12. The van der Waals surface area contributed by atoms with Crippen molar-refractivity contribution in [3.8, 4) is 0 Å². The zero-order valence-electron chi connectivity index (χ0n) is 18.0. The first-order valence-electron chi connectivity index (χ1n) is 11.6. The van der Waals surface area contributed by atoms with Gasteiger partial charge in [0, 0.05) is 0 Å². The van der Waals surface area contributed by atoms with E-state index in [9.17, 15) is 18.1 Å². The number of aliphatic hydroxyl groups is 1. The van der Waals surface area contributed by atoms with Crippen LogP contribution in [0.3, 0.4) is 0 Å². The summed E-state index contributed by atoms with van der Waals surface area (Å²) < 4.78 is 31.8. The Bertz CT molecular complexity index is 409. The molecule has 2 N–H and O–H groups in total. The molecule has 4 nitrogen and oxygen atoms in total. The van der Waals surface area contributed by atoms with Crippen LogP contribution in [0.2, 0.25) is 0 Å². The van der Waals surface area contributed by atoms with Crippen LogP contribution in [0.5, 0.6) is 0 Å². The van der Waals surface area contributed by atoms with Gasteiger partial charge in [0.25, 0.3) is 10.1 Å². The molecular formula is C22H46O4S. The molecule has 0 bridgehead atoms. The van der Waals surface area contributed by atoms with E-state index in [0.29, 0.717) is 12.8 Å². The Morgan fingerprint density at radius 2 is 1.00 bits per heavy atom. The molecule has 5 heteroatoms. The fourth-order valence-electron chi connectivity index (χ4n) is 3.70. The summed E-state index contributed by atoms with van der Waals surface area (Å²) in [6.07, 6.45) is 19.1. The number of aliphatic hydroxyl groups excluding tert-OH is 1. The van der Waals surface area contributed by atoms with Gasteiger partial charge in [-0.05, 0) is 25.7 Å². The van der Waals surface area contributed by atoms with Gasteiger partial charge in [-0.3, -0.25) is 4.55 Å². The molecule has 0 aliphatic rings. The topological polar surface area (TPSA) is 74.6 Å². The van der Waals surface area contributed by atoms with Gasteiger partial charge in [0.15, 0.2) is 0 Å². The summed E-state index contributed by atoms with van der Waals surface area (Å²) in [7, 11) is -3.88. The minimum Gasteiger partial charge on any atom is -0.393 e. The molecule has 0 fully saturated rings. The highest BCUT2D eigenvalue weighted by Gasteiger charge is 2.21. The third-order valence-electron chi connectivity index (χ3n) is 5.49. The van der Waals surface area contributed by atoms with Gasteiger partial charge in [-0.2, -0.15) is 8.42 Å².